The van der Waals surface area contributed by atoms with Crippen molar-refractivity contribution in [3.8, 4) is 11.1 Å². The third kappa shape index (κ3) is 3.34. The molecule has 0 aliphatic carbocycles. The number of hydrogen-bond acceptors (Lipinski definition) is 5. The Hall–Kier alpha value is -3.62. The molecule has 2 amide bonds. The van der Waals surface area contributed by atoms with Crippen LogP contribution in [-0.4, -0.2) is 39.9 Å². The van der Waals surface area contributed by atoms with Gasteiger partial charge in [-0.1, -0.05) is 0 Å². The van der Waals surface area contributed by atoms with E-state index in [0.29, 0.717) is 18.0 Å². The van der Waals surface area contributed by atoms with Gasteiger partial charge in [0.15, 0.2) is 0 Å². The highest BCUT2D eigenvalue weighted by molar-refractivity contribution is 5.97. The first-order chi connectivity index (χ1) is 13.5. The third-order valence-electron chi connectivity index (χ3n) is 4.54. The summed E-state index contributed by atoms with van der Waals surface area (Å²) in [6, 6.07) is 7.06. The standard InChI is InChI=1S/C19H21N7O2/c1-3-20-19(28)24-18-22-14-9-13(12-5-8-25(2)16(27)11-12)10-15(17(14)23-18)26-7-4-6-21-26/h5-6,8-11H,3-4,7H2,1-2H3,(H3,20,22,23,24,28). The maximum absolute atomic E-state index is 12.1. The van der Waals surface area contributed by atoms with Crippen molar-refractivity contribution in [3.63, 3.8) is 0 Å². The van der Waals surface area contributed by atoms with Gasteiger partial charge in [-0.2, -0.15) is 5.10 Å². The Morgan fingerprint density at radius 1 is 1.29 bits per heavy atom. The number of carbonyl (C=O) groups is 1. The topological polar surface area (TPSA) is 107 Å². The molecular weight excluding hydrogens is 358 g/mol. The molecule has 3 aromatic rings. The van der Waals surface area contributed by atoms with Crippen molar-refractivity contribution in [3.05, 3.63) is 40.8 Å². The summed E-state index contributed by atoms with van der Waals surface area (Å²) in [7, 11) is 1.72. The van der Waals surface area contributed by atoms with E-state index < -0.39 is 0 Å². The molecule has 0 fully saturated rings. The van der Waals surface area contributed by atoms with Crippen molar-refractivity contribution in [1.29, 1.82) is 0 Å². The lowest BCUT2D eigenvalue weighted by molar-refractivity contribution is 0.252. The molecule has 1 aliphatic rings. The van der Waals surface area contributed by atoms with Gasteiger partial charge in [0.25, 0.3) is 5.56 Å². The van der Waals surface area contributed by atoms with Gasteiger partial charge >= 0.3 is 6.03 Å². The van der Waals surface area contributed by atoms with Crippen molar-refractivity contribution >= 4 is 34.9 Å². The Labute approximate surface area is 161 Å². The molecule has 4 rings (SSSR count). The summed E-state index contributed by atoms with van der Waals surface area (Å²) in [6.07, 6.45) is 4.45. The zero-order chi connectivity index (χ0) is 19.7. The highest BCUT2D eigenvalue weighted by Gasteiger charge is 2.18. The van der Waals surface area contributed by atoms with Crippen LogP contribution in [0.2, 0.25) is 0 Å². The molecule has 1 aromatic carbocycles. The SMILES string of the molecule is CCNC(=O)Nc1nc2c(N3CCC=N3)cc(-c3ccn(C)c(=O)c3)cc2[nH]1. The molecule has 144 valence electrons. The van der Waals surface area contributed by atoms with Crippen LogP contribution in [0.15, 0.2) is 40.4 Å². The van der Waals surface area contributed by atoms with Crippen molar-refractivity contribution in [2.75, 3.05) is 23.4 Å². The number of benzene rings is 1. The largest absolute Gasteiger partial charge is 0.338 e. The molecule has 9 heteroatoms. The summed E-state index contributed by atoms with van der Waals surface area (Å²) >= 11 is 0. The van der Waals surface area contributed by atoms with Gasteiger partial charge in [-0.25, -0.2) is 9.78 Å². The quantitative estimate of drug-likeness (QED) is 0.646. The van der Waals surface area contributed by atoms with Gasteiger partial charge in [-0.15, -0.1) is 0 Å². The number of hydrogen-bond donors (Lipinski definition) is 3. The molecule has 2 aromatic heterocycles. The van der Waals surface area contributed by atoms with Crippen LogP contribution >= 0.6 is 0 Å². The summed E-state index contributed by atoms with van der Waals surface area (Å²) < 4.78 is 1.53. The van der Waals surface area contributed by atoms with E-state index in [4.69, 9.17) is 0 Å². The predicted octanol–water partition coefficient (Wildman–Crippen LogP) is 2.27. The minimum atomic E-state index is -0.325. The molecule has 0 bridgehead atoms. The fourth-order valence-electron chi connectivity index (χ4n) is 3.14. The van der Waals surface area contributed by atoms with Crippen molar-refractivity contribution < 1.29 is 4.79 Å². The molecule has 0 unspecified atom stereocenters. The summed E-state index contributed by atoms with van der Waals surface area (Å²) in [5, 5.41) is 11.7. The Morgan fingerprint density at radius 2 is 2.14 bits per heavy atom. The van der Waals surface area contributed by atoms with Gasteiger partial charge in [-0.05, 0) is 36.2 Å². The maximum Gasteiger partial charge on any atom is 0.321 e. The number of fused-ring (bicyclic) bond motifs is 1. The molecule has 0 spiro atoms. The summed E-state index contributed by atoms with van der Waals surface area (Å²) in [4.78, 5) is 31.6. The molecular formula is C19H21N7O2. The zero-order valence-electron chi connectivity index (χ0n) is 15.7. The lowest BCUT2D eigenvalue weighted by atomic mass is 10.0. The first-order valence-corrected chi connectivity index (χ1v) is 9.11. The molecule has 9 nitrogen and oxygen atoms in total. The van der Waals surface area contributed by atoms with E-state index >= 15 is 0 Å². The smallest absolute Gasteiger partial charge is 0.321 e. The maximum atomic E-state index is 12.1. The van der Waals surface area contributed by atoms with Gasteiger partial charge in [0.2, 0.25) is 5.95 Å². The number of anilines is 2. The van der Waals surface area contributed by atoms with Gasteiger partial charge < -0.3 is 14.9 Å². The van der Waals surface area contributed by atoms with E-state index in [0.717, 1.165) is 35.3 Å². The molecule has 0 atom stereocenters. The van der Waals surface area contributed by atoms with E-state index in [1.165, 1.54) is 4.57 Å². The molecule has 3 N–H and O–H groups in total. The summed E-state index contributed by atoms with van der Waals surface area (Å²) in [6.45, 7) is 3.12. The normalized spacial score (nSPS) is 13.3. The van der Waals surface area contributed by atoms with Crippen LogP contribution < -0.4 is 21.2 Å². The van der Waals surface area contributed by atoms with Crippen LogP contribution in [0.3, 0.4) is 0 Å². The lowest BCUT2D eigenvalue weighted by Gasteiger charge is -2.16. The minimum absolute atomic E-state index is 0.0819. The molecule has 0 radical (unpaired) electrons. The molecule has 3 heterocycles. The van der Waals surface area contributed by atoms with Crippen molar-refractivity contribution in [2.24, 2.45) is 12.1 Å². The number of pyridine rings is 1. The fraction of sp³-hybridized carbons (Fsp3) is 0.263. The first-order valence-electron chi connectivity index (χ1n) is 9.11. The number of amides is 2. The van der Waals surface area contributed by atoms with E-state index in [1.807, 2.05) is 36.3 Å². The Balaban J connectivity index is 1.83. The molecule has 0 saturated heterocycles. The van der Waals surface area contributed by atoms with Gasteiger partial charge in [0, 0.05) is 45.0 Å². The zero-order valence-corrected chi connectivity index (χ0v) is 15.7. The highest BCUT2D eigenvalue weighted by atomic mass is 16.2. The Kier molecular flexibility index (Phi) is 4.56. The van der Waals surface area contributed by atoms with Crippen LogP contribution in [0, 0.1) is 0 Å². The number of nitrogens with one attached hydrogen (secondary N) is 3. The average molecular weight is 379 g/mol. The summed E-state index contributed by atoms with van der Waals surface area (Å²) in [5.41, 5.74) is 3.88. The number of nitrogens with zero attached hydrogens (tertiary/aromatic N) is 4. The van der Waals surface area contributed by atoms with Gasteiger partial charge in [0.1, 0.15) is 5.52 Å². The number of aromatic amines is 1. The number of aryl methyl sites for hydroxylation is 1. The number of rotatable bonds is 4. The lowest BCUT2D eigenvalue weighted by Crippen LogP contribution is -2.28. The monoisotopic (exact) mass is 379 g/mol. The molecule has 1 aliphatic heterocycles. The van der Waals surface area contributed by atoms with Crippen molar-refractivity contribution in [2.45, 2.75) is 13.3 Å². The molecule has 28 heavy (non-hydrogen) atoms. The van der Waals surface area contributed by atoms with E-state index in [2.05, 4.69) is 25.7 Å². The number of imidazole rings is 1. The second-order valence-corrected chi connectivity index (χ2v) is 6.54. The van der Waals surface area contributed by atoms with Crippen molar-refractivity contribution in [1.82, 2.24) is 19.9 Å². The van der Waals surface area contributed by atoms with E-state index in [1.54, 1.807) is 19.3 Å². The van der Waals surface area contributed by atoms with Gasteiger partial charge in [0.05, 0.1) is 11.2 Å². The number of H-pyrrole nitrogens is 1. The van der Waals surface area contributed by atoms with Crippen LogP contribution in [0.1, 0.15) is 13.3 Å². The third-order valence-corrected chi connectivity index (χ3v) is 4.54. The van der Waals surface area contributed by atoms with Crippen LogP contribution in [0.4, 0.5) is 16.4 Å². The Morgan fingerprint density at radius 3 is 2.86 bits per heavy atom. The minimum Gasteiger partial charge on any atom is -0.338 e. The van der Waals surface area contributed by atoms with E-state index in [9.17, 15) is 9.59 Å². The predicted molar refractivity (Wildman–Crippen MR) is 110 cm³/mol. The van der Waals surface area contributed by atoms with E-state index in [-0.39, 0.29) is 11.6 Å². The number of carbonyl (C=O) groups excluding carboxylic acids is 1. The first kappa shape index (κ1) is 17.8. The average Bonchev–Trinajstić information content (AvgIpc) is 3.32. The molecule has 0 saturated carbocycles. The number of aromatic nitrogens is 3. The number of hydrazone groups is 1. The van der Waals surface area contributed by atoms with Crippen LogP contribution in [0.25, 0.3) is 22.2 Å². The Bertz CT molecular complexity index is 1130. The second kappa shape index (κ2) is 7.18. The van der Waals surface area contributed by atoms with Gasteiger partial charge in [-0.3, -0.25) is 15.1 Å². The fourth-order valence-corrected chi connectivity index (χ4v) is 3.14. The highest BCUT2D eigenvalue weighted by Crippen LogP contribution is 2.33. The van der Waals surface area contributed by atoms with Crippen LogP contribution in [0.5, 0.6) is 0 Å². The number of urea groups is 1. The summed E-state index contributed by atoms with van der Waals surface area (Å²) in [5.74, 6) is 0.353. The van der Waals surface area contributed by atoms with Crippen LogP contribution in [-0.2, 0) is 7.05 Å². The second-order valence-electron chi connectivity index (χ2n) is 6.54.